The number of methoxy groups -OCH3 is 2. The van der Waals surface area contributed by atoms with Gasteiger partial charge in [-0.15, -0.1) is 0 Å². The molecule has 0 saturated heterocycles. The van der Waals surface area contributed by atoms with Crippen molar-refractivity contribution in [2.24, 2.45) is 0 Å². The predicted molar refractivity (Wildman–Crippen MR) is 152 cm³/mol. The van der Waals surface area contributed by atoms with Gasteiger partial charge in [-0.2, -0.15) is 0 Å². The van der Waals surface area contributed by atoms with Crippen LogP contribution in [0.1, 0.15) is 34.0 Å². The highest BCUT2D eigenvalue weighted by atomic mass is 19.1. The van der Waals surface area contributed by atoms with Crippen LogP contribution in [-0.4, -0.2) is 43.9 Å². The molecule has 4 aromatic carbocycles. The fourth-order valence-electron chi connectivity index (χ4n) is 4.88. The van der Waals surface area contributed by atoms with Crippen molar-refractivity contribution in [1.29, 1.82) is 0 Å². The highest BCUT2D eigenvalue weighted by molar-refractivity contribution is 6.02. The van der Waals surface area contributed by atoms with Crippen molar-refractivity contribution in [3.05, 3.63) is 94.8 Å². The van der Waals surface area contributed by atoms with Gasteiger partial charge in [0.1, 0.15) is 23.4 Å². The number of fused-ring (bicyclic) bond motifs is 1. The Hall–Kier alpha value is -4.43. The molecular formula is C32H32FNO6. The number of hydrogen-bond acceptors (Lipinski definition) is 5. The number of hydrogen-bond donors (Lipinski definition) is 2. The minimum Gasteiger partial charge on any atom is -0.496 e. The molecule has 7 nitrogen and oxygen atoms in total. The van der Waals surface area contributed by atoms with Gasteiger partial charge in [0, 0.05) is 13.0 Å². The maximum atomic E-state index is 14.4. The lowest BCUT2D eigenvalue weighted by molar-refractivity contribution is -0.139. The van der Waals surface area contributed by atoms with Crippen LogP contribution >= 0.6 is 0 Å². The highest BCUT2D eigenvalue weighted by Crippen LogP contribution is 2.43. The van der Waals surface area contributed by atoms with Gasteiger partial charge in [0.05, 0.1) is 32.0 Å². The Morgan fingerprint density at radius 2 is 1.60 bits per heavy atom. The molecule has 2 N–H and O–H groups in total. The second kappa shape index (κ2) is 12.6. The van der Waals surface area contributed by atoms with Gasteiger partial charge in [-0.25, -0.2) is 9.18 Å². The second-order valence-electron chi connectivity index (χ2n) is 9.33. The normalized spacial score (nSPS) is 11.7. The van der Waals surface area contributed by atoms with Crippen molar-refractivity contribution < 1.29 is 33.3 Å². The van der Waals surface area contributed by atoms with Crippen molar-refractivity contribution >= 4 is 22.6 Å². The molecule has 0 aliphatic heterocycles. The van der Waals surface area contributed by atoms with E-state index in [1.54, 1.807) is 27.2 Å². The zero-order chi connectivity index (χ0) is 28.8. The fraction of sp³-hybridized carbons (Fsp3) is 0.250. The molecule has 8 heteroatoms. The summed E-state index contributed by atoms with van der Waals surface area (Å²) in [7, 11) is 3.19. The molecule has 0 radical (unpaired) electrons. The summed E-state index contributed by atoms with van der Waals surface area (Å²) in [5, 5.41) is 14.1. The number of aliphatic carboxylic acids is 1. The molecule has 0 aliphatic carbocycles. The molecule has 0 saturated carbocycles. The first kappa shape index (κ1) is 28.6. The minimum absolute atomic E-state index is 0.00304. The topological polar surface area (TPSA) is 94.1 Å². The zero-order valence-corrected chi connectivity index (χ0v) is 22.9. The zero-order valence-electron chi connectivity index (χ0n) is 22.9. The molecule has 0 fully saturated rings. The largest absolute Gasteiger partial charge is 0.496 e. The summed E-state index contributed by atoms with van der Waals surface area (Å²) in [6, 6.07) is 18.2. The van der Waals surface area contributed by atoms with Crippen LogP contribution in [0.15, 0.2) is 66.7 Å². The Balaban J connectivity index is 1.75. The third-order valence-corrected chi connectivity index (χ3v) is 6.80. The first-order valence-corrected chi connectivity index (χ1v) is 12.9. The van der Waals surface area contributed by atoms with E-state index in [0.717, 1.165) is 27.5 Å². The number of ether oxygens (including phenoxy) is 3. The number of aryl methyl sites for hydroxylation is 1. The van der Waals surface area contributed by atoms with Gasteiger partial charge < -0.3 is 24.6 Å². The van der Waals surface area contributed by atoms with Crippen LogP contribution in [0.2, 0.25) is 0 Å². The van der Waals surface area contributed by atoms with Gasteiger partial charge in [-0.3, -0.25) is 4.79 Å². The number of benzene rings is 4. The van der Waals surface area contributed by atoms with Crippen molar-refractivity contribution in [3.63, 3.8) is 0 Å². The van der Waals surface area contributed by atoms with Crippen LogP contribution in [0.5, 0.6) is 11.5 Å². The van der Waals surface area contributed by atoms with Crippen molar-refractivity contribution in [3.8, 4) is 22.6 Å². The SMILES string of the molecule is CCOCc1cc(OC)c(-c2cccc3c(C[C@H](NC(=O)c4c(C)cccc4F)C(=O)O)cccc23)c(OC)c1. The summed E-state index contributed by atoms with van der Waals surface area (Å²) in [6.07, 6.45) is -0.00304. The van der Waals surface area contributed by atoms with Gasteiger partial charge in [0.25, 0.3) is 5.91 Å². The Kier molecular flexibility index (Phi) is 9.01. The van der Waals surface area contributed by atoms with E-state index in [0.29, 0.717) is 35.8 Å². The van der Waals surface area contributed by atoms with Gasteiger partial charge in [-0.1, -0.05) is 48.5 Å². The lowest BCUT2D eigenvalue weighted by Crippen LogP contribution is -2.42. The number of carboxylic acids is 1. The fourth-order valence-corrected chi connectivity index (χ4v) is 4.88. The van der Waals surface area contributed by atoms with E-state index in [1.807, 2.05) is 55.5 Å². The van der Waals surface area contributed by atoms with Crippen LogP contribution in [0.3, 0.4) is 0 Å². The molecule has 0 aromatic heterocycles. The molecule has 4 rings (SSSR count). The molecule has 40 heavy (non-hydrogen) atoms. The monoisotopic (exact) mass is 545 g/mol. The lowest BCUT2D eigenvalue weighted by Gasteiger charge is -2.19. The Bertz CT molecular complexity index is 1500. The van der Waals surface area contributed by atoms with Gasteiger partial charge in [-0.05, 0) is 65.1 Å². The molecule has 4 aromatic rings. The highest BCUT2D eigenvalue weighted by Gasteiger charge is 2.25. The van der Waals surface area contributed by atoms with E-state index < -0.39 is 23.7 Å². The number of halogens is 1. The summed E-state index contributed by atoms with van der Waals surface area (Å²) in [6.45, 7) is 4.53. The molecule has 0 bridgehead atoms. The lowest BCUT2D eigenvalue weighted by atomic mass is 9.92. The van der Waals surface area contributed by atoms with Gasteiger partial charge in [0.15, 0.2) is 0 Å². The number of amides is 1. The van der Waals surface area contributed by atoms with Crippen molar-refractivity contribution in [2.45, 2.75) is 32.9 Å². The van der Waals surface area contributed by atoms with Gasteiger partial charge >= 0.3 is 5.97 Å². The Morgan fingerprint density at radius 3 is 2.23 bits per heavy atom. The number of carbonyl (C=O) groups excluding carboxylic acids is 1. The van der Waals surface area contributed by atoms with Crippen LogP contribution < -0.4 is 14.8 Å². The van der Waals surface area contributed by atoms with Crippen LogP contribution in [-0.2, 0) is 22.6 Å². The molecular weight excluding hydrogens is 513 g/mol. The minimum atomic E-state index is -1.28. The van der Waals surface area contributed by atoms with E-state index in [-0.39, 0.29) is 12.0 Å². The number of carbonyl (C=O) groups is 2. The average Bonchev–Trinajstić information content (AvgIpc) is 2.94. The molecule has 208 valence electrons. The number of rotatable bonds is 11. The van der Waals surface area contributed by atoms with Crippen molar-refractivity contribution in [2.75, 3.05) is 20.8 Å². The molecule has 0 aliphatic rings. The van der Waals surface area contributed by atoms with Crippen LogP contribution in [0.25, 0.3) is 21.9 Å². The number of carboxylic acid groups (broad SMARTS) is 1. The summed E-state index contributed by atoms with van der Waals surface area (Å²) in [5.41, 5.74) is 3.47. The molecule has 1 amide bonds. The molecule has 0 unspecified atom stereocenters. The third-order valence-electron chi connectivity index (χ3n) is 6.80. The number of nitrogens with one attached hydrogen (secondary N) is 1. The molecule has 1 atom stereocenters. The quantitative estimate of drug-likeness (QED) is 0.243. The summed E-state index contributed by atoms with van der Waals surface area (Å²) < 4.78 is 31.4. The van der Waals surface area contributed by atoms with Crippen LogP contribution in [0.4, 0.5) is 4.39 Å². The van der Waals surface area contributed by atoms with Crippen molar-refractivity contribution in [1.82, 2.24) is 5.32 Å². The summed E-state index contributed by atoms with van der Waals surface area (Å²) in [4.78, 5) is 25.1. The van der Waals surface area contributed by atoms with E-state index in [1.165, 1.54) is 12.1 Å². The predicted octanol–water partition coefficient (Wildman–Crippen LogP) is 5.93. The molecule has 0 spiro atoms. The van der Waals surface area contributed by atoms with E-state index >= 15 is 0 Å². The summed E-state index contributed by atoms with van der Waals surface area (Å²) in [5.74, 6) is -1.47. The third kappa shape index (κ3) is 5.92. The van der Waals surface area contributed by atoms with Gasteiger partial charge in [0.2, 0.25) is 0 Å². The maximum Gasteiger partial charge on any atom is 0.326 e. The van der Waals surface area contributed by atoms with E-state index in [9.17, 15) is 19.1 Å². The Morgan fingerprint density at radius 1 is 0.950 bits per heavy atom. The summed E-state index contributed by atoms with van der Waals surface area (Å²) >= 11 is 0. The molecule has 0 heterocycles. The first-order chi connectivity index (χ1) is 19.3. The first-order valence-electron chi connectivity index (χ1n) is 12.9. The standard InChI is InChI=1S/C32H32FNO6/c1-5-40-18-20-15-27(38-3)30(28(16-20)39-4)24-13-8-11-22-21(10-7-12-23(22)24)17-26(32(36)37)34-31(35)29-19(2)9-6-14-25(29)33/h6-16,26H,5,17-18H2,1-4H3,(H,34,35)(H,36,37)/t26-/m0/s1. The average molecular weight is 546 g/mol. The second-order valence-corrected chi connectivity index (χ2v) is 9.33. The maximum absolute atomic E-state index is 14.4. The Labute approximate surface area is 232 Å². The van der Waals surface area contributed by atoms with E-state index in [4.69, 9.17) is 14.2 Å². The smallest absolute Gasteiger partial charge is 0.326 e. The van der Waals surface area contributed by atoms with E-state index in [2.05, 4.69) is 5.32 Å². The van der Waals surface area contributed by atoms with Crippen LogP contribution in [0, 0.1) is 12.7 Å².